The van der Waals surface area contributed by atoms with E-state index >= 15 is 0 Å². The highest BCUT2D eigenvalue weighted by Gasteiger charge is 2.03. The van der Waals surface area contributed by atoms with Crippen LogP contribution in [0.25, 0.3) is 0 Å². The molecule has 56 valence electrons. The SMILES string of the molecule is CN(C)c1nn(C)cc1N. The van der Waals surface area contributed by atoms with Crippen LogP contribution in [0.2, 0.25) is 0 Å². The van der Waals surface area contributed by atoms with Gasteiger partial charge in [0.1, 0.15) is 0 Å². The minimum absolute atomic E-state index is 0.715. The number of hydrogen-bond acceptors (Lipinski definition) is 3. The molecule has 10 heavy (non-hydrogen) atoms. The van der Waals surface area contributed by atoms with Gasteiger partial charge in [-0.25, -0.2) is 0 Å². The average Bonchev–Trinajstić information content (AvgIpc) is 2.10. The van der Waals surface area contributed by atoms with Crippen LogP contribution >= 0.6 is 0 Å². The number of nitrogens with two attached hydrogens (primary N) is 1. The van der Waals surface area contributed by atoms with E-state index in [2.05, 4.69) is 5.10 Å². The van der Waals surface area contributed by atoms with Gasteiger partial charge in [-0.2, -0.15) is 5.10 Å². The Morgan fingerprint density at radius 2 is 2.20 bits per heavy atom. The molecule has 0 amide bonds. The van der Waals surface area contributed by atoms with Crippen molar-refractivity contribution < 1.29 is 0 Å². The Bertz CT molecular complexity index is 226. The standard InChI is InChI=1S/C6H12N4/c1-9(2)6-5(7)4-10(3)8-6/h4H,7H2,1-3H3. The number of aromatic nitrogens is 2. The third kappa shape index (κ3) is 1.05. The van der Waals surface area contributed by atoms with Gasteiger partial charge in [0.15, 0.2) is 5.82 Å². The molecule has 4 nitrogen and oxygen atoms in total. The first-order chi connectivity index (χ1) is 4.61. The van der Waals surface area contributed by atoms with Crippen LogP contribution in [-0.4, -0.2) is 23.9 Å². The van der Waals surface area contributed by atoms with E-state index in [1.54, 1.807) is 10.9 Å². The Morgan fingerprint density at radius 3 is 2.40 bits per heavy atom. The number of hydrogen-bond donors (Lipinski definition) is 1. The van der Waals surface area contributed by atoms with E-state index in [-0.39, 0.29) is 0 Å². The van der Waals surface area contributed by atoms with Gasteiger partial charge in [-0.1, -0.05) is 0 Å². The van der Waals surface area contributed by atoms with Crippen LogP contribution in [0.1, 0.15) is 0 Å². The first kappa shape index (κ1) is 6.92. The molecule has 0 unspecified atom stereocenters. The lowest BCUT2D eigenvalue weighted by Gasteiger charge is -2.07. The smallest absolute Gasteiger partial charge is 0.173 e. The summed E-state index contributed by atoms with van der Waals surface area (Å²) < 4.78 is 1.70. The van der Waals surface area contributed by atoms with Crippen molar-refractivity contribution >= 4 is 11.5 Å². The van der Waals surface area contributed by atoms with Gasteiger partial charge in [0.25, 0.3) is 0 Å². The molecule has 0 atom stereocenters. The molecule has 2 N–H and O–H groups in total. The topological polar surface area (TPSA) is 47.1 Å². The summed E-state index contributed by atoms with van der Waals surface area (Å²) in [5, 5.41) is 4.13. The van der Waals surface area contributed by atoms with E-state index in [9.17, 15) is 0 Å². The number of nitrogen functional groups attached to an aromatic ring is 1. The molecule has 0 aliphatic heterocycles. The van der Waals surface area contributed by atoms with Gasteiger partial charge in [0.05, 0.1) is 5.69 Å². The van der Waals surface area contributed by atoms with E-state index in [4.69, 9.17) is 5.73 Å². The highest BCUT2D eigenvalue weighted by atomic mass is 15.3. The minimum atomic E-state index is 0.715. The van der Waals surface area contributed by atoms with E-state index in [0.717, 1.165) is 5.82 Å². The normalized spacial score (nSPS) is 9.90. The second-order valence-corrected chi connectivity index (χ2v) is 2.48. The predicted octanol–water partition coefficient (Wildman–Crippen LogP) is 0.0683. The van der Waals surface area contributed by atoms with Gasteiger partial charge < -0.3 is 10.6 Å². The molecule has 0 aliphatic rings. The number of anilines is 2. The van der Waals surface area contributed by atoms with Gasteiger partial charge in [0, 0.05) is 27.3 Å². The maximum Gasteiger partial charge on any atom is 0.173 e. The Morgan fingerprint density at radius 1 is 1.60 bits per heavy atom. The lowest BCUT2D eigenvalue weighted by molar-refractivity contribution is 0.762. The monoisotopic (exact) mass is 140 g/mol. The van der Waals surface area contributed by atoms with Crippen LogP contribution in [0, 0.1) is 0 Å². The van der Waals surface area contributed by atoms with Crippen LogP contribution < -0.4 is 10.6 Å². The van der Waals surface area contributed by atoms with Crippen LogP contribution in [0.4, 0.5) is 11.5 Å². The Labute approximate surface area is 60.2 Å². The maximum atomic E-state index is 5.62. The third-order valence-corrected chi connectivity index (χ3v) is 1.26. The first-order valence-corrected chi connectivity index (χ1v) is 3.07. The molecule has 1 aromatic heterocycles. The molecule has 1 heterocycles. The van der Waals surface area contributed by atoms with Crippen molar-refractivity contribution in [2.75, 3.05) is 24.7 Å². The number of aryl methyl sites for hydroxylation is 1. The van der Waals surface area contributed by atoms with Crippen LogP contribution in [-0.2, 0) is 7.05 Å². The van der Waals surface area contributed by atoms with E-state index < -0.39 is 0 Å². The Hall–Kier alpha value is -1.19. The summed E-state index contributed by atoms with van der Waals surface area (Å²) in [6.45, 7) is 0. The van der Waals surface area contributed by atoms with Crippen molar-refractivity contribution in [3.05, 3.63) is 6.20 Å². The Kier molecular flexibility index (Phi) is 1.53. The summed E-state index contributed by atoms with van der Waals surface area (Å²) in [6, 6.07) is 0. The lowest BCUT2D eigenvalue weighted by atomic mass is 10.5. The fraction of sp³-hybridized carbons (Fsp3) is 0.500. The molecule has 0 bridgehead atoms. The largest absolute Gasteiger partial charge is 0.394 e. The van der Waals surface area contributed by atoms with Gasteiger partial charge in [-0.3, -0.25) is 4.68 Å². The van der Waals surface area contributed by atoms with Crippen molar-refractivity contribution in [1.29, 1.82) is 0 Å². The summed E-state index contributed by atoms with van der Waals surface area (Å²) >= 11 is 0. The molecular formula is C6H12N4. The molecule has 0 saturated heterocycles. The van der Waals surface area contributed by atoms with Gasteiger partial charge in [-0.15, -0.1) is 0 Å². The molecule has 0 radical (unpaired) electrons. The molecule has 0 aromatic carbocycles. The Balaban J connectivity index is 3.03. The van der Waals surface area contributed by atoms with Crippen molar-refractivity contribution in [3.8, 4) is 0 Å². The van der Waals surface area contributed by atoms with Crippen molar-refractivity contribution in [1.82, 2.24) is 9.78 Å². The van der Waals surface area contributed by atoms with Gasteiger partial charge >= 0.3 is 0 Å². The first-order valence-electron chi connectivity index (χ1n) is 3.07. The number of rotatable bonds is 1. The van der Waals surface area contributed by atoms with Crippen molar-refractivity contribution in [3.63, 3.8) is 0 Å². The van der Waals surface area contributed by atoms with Gasteiger partial charge in [0.2, 0.25) is 0 Å². The lowest BCUT2D eigenvalue weighted by Crippen LogP contribution is -2.11. The molecule has 0 fully saturated rings. The predicted molar refractivity (Wildman–Crippen MR) is 41.9 cm³/mol. The van der Waals surface area contributed by atoms with E-state index in [1.807, 2.05) is 26.0 Å². The molecular weight excluding hydrogens is 128 g/mol. The maximum absolute atomic E-state index is 5.62. The number of nitrogens with zero attached hydrogens (tertiary/aromatic N) is 3. The molecule has 0 aliphatic carbocycles. The quantitative estimate of drug-likeness (QED) is 0.600. The van der Waals surface area contributed by atoms with Crippen LogP contribution in [0.5, 0.6) is 0 Å². The van der Waals surface area contributed by atoms with Gasteiger partial charge in [-0.05, 0) is 0 Å². The fourth-order valence-electron chi connectivity index (χ4n) is 0.843. The summed E-state index contributed by atoms with van der Waals surface area (Å²) in [7, 11) is 5.68. The zero-order valence-electron chi connectivity index (χ0n) is 6.50. The summed E-state index contributed by atoms with van der Waals surface area (Å²) in [5.74, 6) is 0.822. The van der Waals surface area contributed by atoms with E-state index in [1.165, 1.54) is 0 Å². The van der Waals surface area contributed by atoms with E-state index in [0.29, 0.717) is 5.69 Å². The van der Waals surface area contributed by atoms with Crippen LogP contribution in [0.15, 0.2) is 6.20 Å². The highest BCUT2D eigenvalue weighted by Crippen LogP contribution is 2.16. The third-order valence-electron chi connectivity index (χ3n) is 1.26. The summed E-state index contributed by atoms with van der Waals surface area (Å²) in [5.41, 5.74) is 6.33. The zero-order chi connectivity index (χ0) is 7.72. The summed E-state index contributed by atoms with van der Waals surface area (Å²) in [4.78, 5) is 1.88. The zero-order valence-corrected chi connectivity index (χ0v) is 6.50. The highest BCUT2D eigenvalue weighted by molar-refractivity contribution is 5.60. The molecule has 4 heteroatoms. The second-order valence-electron chi connectivity index (χ2n) is 2.48. The minimum Gasteiger partial charge on any atom is -0.394 e. The molecule has 1 rings (SSSR count). The summed E-state index contributed by atoms with van der Waals surface area (Å²) in [6.07, 6.45) is 1.79. The van der Waals surface area contributed by atoms with Crippen molar-refractivity contribution in [2.45, 2.75) is 0 Å². The molecule has 0 saturated carbocycles. The fourth-order valence-corrected chi connectivity index (χ4v) is 0.843. The van der Waals surface area contributed by atoms with Crippen LogP contribution in [0.3, 0.4) is 0 Å². The molecule has 1 aromatic rings. The molecule has 0 spiro atoms. The average molecular weight is 140 g/mol. The van der Waals surface area contributed by atoms with Crippen molar-refractivity contribution in [2.24, 2.45) is 7.05 Å². The second kappa shape index (κ2) is 2.21.